The molecular weight excluding hydrogens is 270 g/mol. The van der Waals surface area contributed by atoms with E-state index in [1.165, 1.54) is 0 Å². The summed E-state index contributed by atoms with van der Waals surface area (Å²) in [4.78, 5) is 23.6. The highest BCUT2D eigenvalue weighted by atomic mass is 16.6. The minimum Gasteiger partial charge on any atom is -0.466 e. The molecule has 0 aromatic heterocycles. The summed E-state index contributed by atoms with van der Waals surface area (Å²) in [6.45, 7) is 7.42. The summed E-state index contributed by atoms with van der Waals surface area (Å²) >= 11 is 0. The Kier molecular flexibility index (Phi) is 6.21. The third kappa shape index (κ3) is 6.79. The molecule has 0 aliphatic heterocycles. The molecule has 0 saturated heterocycles. The fourth-order valence-corrected chi connectivity index (χ4v) is 1.77. The second-order valence-corrected chi connectivity index (χ2v) is 5.62. The Labute approximate surface area is 125 Å². The van der Waals surface area contributed by atoms with Crippen molar-refractivity contribution >= 4 is 12.1 Å². The number of hydrogen-bond acceptors (Lipinski definition) is 4. The van der Waals surface area contributed by atoms with E-state index in [9.17, 15) is 9.59 Å². The molecule has 5 heteroatoms. The van der Waals surface area contributed by atoms with Gasteiger partial charge in [0, 0.05) is 0 Å². The molecule has 5 nitrogen and oxygen atoms in total. The number of rotatable bonds is 5. The highest BCUT2D eigenvalue weighted by molar-refractivity contribution is 5.73. The third-order valence-corrected chi connectivity index (χ3v) is 2.57. The highest BCUT2D eigenvalue weighted by Gasteiger charge is 2.22. The Bertz CT molecular complexity index is 465. The van der Waals surface area contributed by atoms with Crippen LogP contribution in [0.3, 0.4) is 0 Å². The second kappa shape index (κ2) is 7.67. The van der Waals surface area contributed by atoms with E-state index in [-0.39, 0.29) is 12.4 Å². The molecule has 0 aliphatic carbocycles. The molecule has 0 radical (unpaired) electrons. The summed E-state index contributed by atoms with van der Waals surface area (Å²) in [5.74, 6) is -0.359. The van der Waals surface area contributed by atoms with Gasteiger partial charge in [-0.25, -0.2) is 4.79 Å². The van der Waals surface area contributed by atoms with Crippen LogP contribution in [0, 0.1) is 0 Å². The molecule has 1 atom stereocenters. The molecule has 1 aromatic carbocycles. The van der Waals surface area contributed by atoms with Gasteiger partial charge in [-0.05, 0) is 33.3 Å². The fraction of sp³-hybridized carbons (Fsp3) is 0.500. The number of carbonyl (C=O) groups excluding carboxylic acids is 2. The van der Waals surface area contributed by atoms with Crippen molar-refractivity contribution in [2.45, 2.75) is 45.8 Å². The number of benzene rings is 1. The van der Waals surface area contributed by atoms with E-state index < -0.39 is 17.7 Å². The summed E-state index contributed by atoms with van der Waals surface area (Å²) in [6.07, 6.45) is -0.488. The molecule has 0 fully saturated rings. The molecule has 1 unspecified atom stereocenters. The van der Waals surface area contributed by atoms with Gasteiger partial charge in [0.15, 0.2) is 0 Å². The number of amides is 1. The molecular formula is C16H23NO4. The van der Waals surface area contributed by atoms with Gasteiger partial charge < -0.3 is 14.8 Å². The van der Waals surface area contributed by atoms with Crippen LogP contribution in [0.1, 0.15) is 45.7 Å². The van der Waals surface area contributed by atoms with Crippen molar-refractivity contribution in [3.05, 3.63) is 35.9 Å². The zero-order chi connectivity index (χ0) is 15.9. The van der Waals surface area contributed by atoms with E-state index in [4.69, 9.17) is 9.47 Å². The molecule has 0 heterocycles. The van der Waals surface area contributed by atoms with Crippen LogP contribution in [-0.4, -0.2) is 24.3 Å². The molecule has 0 saturated carbocycles. The summed E-state index contributed by atoms with van der Waals surface area (Å²) in [7, 11) is 0. The molecule has 0 bridgehead atoms. The number of hydrogen-bond donors (Lipinski definition) is 1. The van der Waals surface area contributed by atoms with Gasteiger partial charge in [-0.2, -0.15) is 0 Å². The summed E-state index contributed by atoms with van der Waals surface area (Å²) in [6, 6.07) is 8.80. The number of carbonyl (C=O) groups is 2. The fourth-order valence-electron chi connectivity index (χ4n) is 1.77. The Hall–Kier alpha value is -2.04. The molecule has 1 N–H and O–H groups in total. The Morgan fingerprint density at radius 2 is 1.81 bits per heavy atom. The maximum Gasteiger partial charge on any atom is 0.408 e. The van der Waals surface area contributed by atoms with Crippen molar-refractivity contribution in [3.63, 3.8) is 0 Å². The van der Waals surface area contributed by atoms with E-state index >= 15 is 0 Å². The molecule has 1 aromatic rings. The van der Waals surface area contributed by atoms with Crippen LogP contribution >= 0.6 is 0 Å². The van der Waals surface area contributed by atoms with Crippen LogP contribution in [0.4, 0.5) is 4.79 Å². The maximum absolute atomic E-state index is 11.9. The van der Waals surface area contributed by atoms with Gasteiger partial charge in [-0.1, -0.05) is 30.3 Å². The monoisotopic (exact) mass is 293 g/mol. The number of nitrogens with one attached hydrogen (secondary N) is 1. The van der Waals surface area contributed by atoms with Crippen LogP contribution in [-0.2, 0) is 14.3 Å². The first-order chi connectivity index (χ1) is 9.81. The van der Waals surface area contributed by atoms with E-state index in [0.29, 0.717) is 6.61 Å². The van der Waals surface area contributed by atoms with Gasteiger partial charge in [0.25, 0.3) is 0 Å². The highest BCUT2D eigenvalue weighted by Crippen LogP contribution is 2.18. The van der Waals surface area contributed by atoms with Crippen molar-refractivity contribution < 1.29 is 19.1 Å². The summed E-state index contributed by atoms with van der Waals surface area (Å²) < 4.78 is 10.2. The van der Waals surface area contributed by atoms with Crippen molar-refractivity contribution in [2.24, 2.45) is 0 Å². The van der Waals surface area contributed by atoms with Crippen LogP contribution in [0.5, 0.6) is 0 Å². The van der Waals surface area contributed by atoms with Gasteiger partial charge in [0.05, 0.1) is 19.1 Å². The molecule has 21 heavy (non-hydrogen) atoms. The third-order valence-electron chi connectivity index (χ3n) is 2.57. The lowest BCUT2D eigenvalue weighted by Gasteiger charge is -2.23. The predicted molar refractivity (Wildman–Crippen MR) is 79.8 cm³/mol. The summed E-state index contributed by atoms with van der Waals surface area (Å²) in [5.41, 5.74) is 0.242. The van der Waals surface area contributed by atoms with Crippen LogP contribution in [0.15, 0.2) is 30.3 Å². The lowest BCUT2D eigenvalue weighted by atomic mass is 10.0. The van der Waals surface area contributed by atoms with Gasteiger partial charge >= 0.3 is 12.1 Å². The smallest absolute Gasteiger partial charge is 0.408 e. The molecule has 116 valence electrons. The van der Waals surface area contributed by atoms with E-state index in [0.717, 1.165) is 5.56 Å². The van der Waals surface area contributed by atoms with Crippen molar-refractivity contribution in [3.8, 4) is 0 Å². The lowest BCUT2D eigenvalue weighted by molar-refractivity contribution is -0.143. The number of alkyl carbamates (subject to hydrolysis) is 1. The predicted octanol–water partition coefficient (Wildman–Crippen LogP) is 3.21. The quantitative estimate of drug-likeness (QED) is 0.847. The van der Waals surface area contributed by atoms with Crippen LogP contribution < -0.4 is 5.32 Å². The SMILES string of the molecule is CCOC(=O)CC(NC(=O)OC(C)(C)C)c1ccccc1. The topological polar surface area (TPSA) is 64.6 Å². The first-order valence-electron chi connectivity index (χ1n) is 7.02. The van der Waals surface area contributed by atoms with Crippen LogP contribution in [0.2, 0.25) is 0 Å². The van der Waals surface area contributed by atoms with E-state index in [1.807, 2.05) is 30.3 Å². The molecule has 0 aliphatic rings. The number of esters is 1. The zero-order valence-electron chi connectivity index (χ0n) is 13.0. The van der Waals surface area contributed by atoms with E-state index in [1.54, 1.807) is 27.7 Å². The second-order valence-electron chi connectivity index (χ2n) is 5.62. The van der Waals surface area contributed by atoms with Gasteiger partial charge in [0.2, 0.25) is 0 Å². The first kappa shape index (κ1) is 17.0. The Morgan fingerprint density at radius 1 is 1.19 bits per heavy atom. The number of ether oxygens (including phenoxy) is 2. The normalized spacial score (nSPS) is 12.4. The van der Waals surface area contributed by atoms with Crippen molar-refractivity contribution in [1.82, 2.24) is 5.32 Å². The minimum absolute atomic E-state index is 0.0666. The Balaban J connectivity index is 2.78. The largest absolute Gasteiger partial charge is 0.466 e. The standard InChI is InChI=1S/C16H23NO4/c1-5-20-14(18)11-13(12-9-7-6-8-10-12)17-15(19)21-16(2,3)4/h6-10,13H,5,11H2,1-4H3,(H,17,19). The van der Waals surface area contributed by atoms with Crippen molar-refractivity contribution in [2.75, 3.05) is 6.61 Å². The lowest BCUT2D eigenvalue weighted by Crippen LogP contribution is -2.36. The Morgan fingerprint density at radius 3 is 2.33 bits per heavy atom. The maximum atomic E-state index is 11.9. The first-order valence-corrected chi connectivity index (χ1v) is 7.02. The zero-order valence-corrected chi connectivity index (χ0v) is 13.0. The average Bonchev–Trinajstić information content (AvgIpc) is 2.37. The van der Waals surface area contributed by atoms with Gasteiger partial charge in [0.1, 0.15) is 5.60 Å². The van der Waals surface area contributed by atoms with Crippen molar-refractivity contribution in [1.29, 1.82) is 0 Å². The molecule has 1 rings (SSSR count). The van der Waals surface area contributed by atoms with Gasteiger partial charge in [-0.3, -0.25) is 4.79 Å². The van der Waals surface area contributed by atoms with Crippen LogP contribution in [0.25, 0.3) is 0 Å². The average molecular weight is 293 g/mol. The molecule has 1 amide bonds. The summed E-state index contributed by atoms with van der Waals surface area (Å²) in [5, 5.41) is 2.72. The molecule has 0 spiro atoms. The van der Waals surface area contributed by atoms with E-state index in [2.05, 4.69) is 5.32 Å². The minimum atomic E-state index is -0.588. The van der Waals surface area contributed by atoms with Gasteiger partial charge in [-0.15, -0.1) is 0 Å².